The highest BCUT2D eigenvalue weighted by Gasteiger charge is 2.39. The zero-order valence-electron chi connectivity index (χ0n) is 27.9. The Morgan fingerprint density at radius 2 is 1.10 bits per heavy atom. The van der Waals surface area contributed by atoms with Crippen molar-refractivity contribution in [2.24, 2.45) is 0 Å². The Morgan fingerprint density at radius 3 is 1.59 bits per heavy atom. The number of rotatable bonds is 9. The van der Waals surface area contributed by atoms with E-state index in [0.717, 1.165) is 33.0 Å². The van der Waals surface area contributed by atoms with Gasteiger partial charge in [-0.15, -0.1) is 0 Å². The fraction of sp³-hybridized carbons (Fsp3) is 0.333. The molecular weight excluding hydrogens is 668 g/mol. The number of alkyl halides is 6. The molecule has 0 aliphatic heterocycles. The molecule has 5 aromatic carbocycles. The molecule has 0 spiro atoms. The van der Waals surface area contributed by atoms with Crippen LogP contribution in [0.5, 0.6) is 17.2 Å². The molecule has 0 bridgehead atoms. The molecule has 49 heavy (non-hydrogen) atoms. The van der Waals surface area contributed by atoms with E-state index in [2.05, 4.69) is 39.8 Å². The van der Waals surface area contributed by atoms with Gasteiger partial charge in [-0.1, -0.05) is 98.0 Å². The van der Waals surface area contributed by atoms with Gasteiger partial charge in [0.25, 0.3) is 0 Å². The number of hydrogen-bond acceptors (Lipinski definition) is 5. The first kappa shape index (κ1) is 38.1. The van der Waals surface area contributed by atoms with Crippen molar-refractivity contribution < 1.29 is 50.5 Å². The minimum Gasteiger partial charge on any atom is -0.511 e. The summed E-state index contributed by atoms with van der Waals surface area (Å²) in [6.07, 6.45) is -8.24. The molecule has 0 fully saturated rings. The molecule has 5 rings (SSSR count). The first-order chi connectivity index (χ1) is 22.7. The molecule has 0 radical (unpaired) electrons. The van der Waals surface area contributed by atoms with Crippen LogP contribution in [0.1, 0.15) is 41.5 Å². The van der Waals surface area contributed by atoms with Crippen LogP contribution in [0, 0.1) is 0 Å². The smallest absolute Gasteiger partial charge is 0.511 e. The largest absolute Gasteiger partial charge is 0.707 e. The molecule has 13 heteroatoms. The van der Waals surface area contributed by atoms with E-state index in [0.29, 0.717) is 11.1 Å². The van der Waals surface area contributed by atoms with E-state index in [9.17, 15) is 26.3 Å². The van der Waals surface area contributed by atoms with Gasteiger partial charge >= 0.3 is 19.5 Å². The Morgan fingerprint density at radius 1 is 0.612 bits per heavy atom. The second-order valence-corrected chi connectivity index (χ2v) is 17.2. The molecule has 0 heterocycles. The maximum atomic E-state index is 13.3. The predicted octanol–water partition coefficient (Wildman–Crippen LogP) is 9.77. The Kier molecular flexibility index (Phi) is 11.4. The average molecular weight is 706 g/mol. The topological polar surface area (TPSA) is 68.2 Å². The van der Waals surface area contributed by atoms with E-state index in [4.69, 9.17) is 14.7 Å². The predicted molar refractivity (Wildman–Crippen MR) is 185 cm³/mol. The molecule has 0 amide bonds. The summed E-state index contributed by atoms with van der Waals surface area (Å²) in [5, 5.41) is 24.4. The van der Waals surface area contributed by atoms with Crippen LogP contribution in [0.4, 0.5) is 26.3 Å². The van der Waals surface area contributed by atoms with Crippen molar-refractivity contribution in [3.63, 3.8) is 0 Å². The first-order valence-corrected chi connectivity index (χ1v) is 16.7. The monoisotopic (exact) mass is 706 g/mol. The summed E-state index contributed by atoms with van der Waals surface area (Å²) in [6, 6.07) is 25.4. The fourth-order valence-electron chi connectivity index (χ4n) is 5.96. The summed E-state index contributed by atoms with van der Waals surface area (Å²) < 4.78 is 92.1. The number of benzene rings is 5. The molecule has 0 atom stereocenters. The van der Waals surface area contributed by atoms with Gasteiger partial charge in [0.15, 0.2) is 13.3 Å². The second kappa shape index (κ2) is 14.6. The summed E-state index contributed by atoms with van der Waals surface area (Å²) >= 11 is 0. The highest BCUT2D eigenvalue weighted by Crippen LogP contribution is 2.59. The number of ether oxygens (including phenoxy) is 2. The van der Waals surface area contributed by atoms with E-state index in [1.165, 1.54) is 17.5 Å². The number of hydrogen-bond donors (Lipinski definition) is 2. The molecule has 262 valence electrons. The van der Waals surface area contributed by atoms with Gasteiger partial charge in [-0.3, -0.25) is 0 Å². The van der Waals surface area contributed by atoms with Crippen LogP contribution in [0.15, 0.2) is 84.9 Å². The maximum Gasteiger partial charge on any atom is 0.707 e. The summed E-state index contributed by atoms with van der Waals surface area (Å²) in [4.78, 5) is 0. The van der Waals surface area contributed by atoms with Crippen molar-refractivity contribution in [1.29, 1.82) is 0 Å². The van der Waals surface area contributed by atoms with Crippen molar-refractivity contribution in [3.8, 4) is 17.2 Å². The van der Waals surface area contributed by atoms with Crippen LogP contribution < -0.4 is 19.4 Å². The fourth-order valence-corrected chi connectivity index (χ4v) is 10.0. The Hall–Kier alpha value is -3.73. The second-order valence-electron chi connectivity index (χ2n) is 13.4. The molecule has 0 unspecified atom stereocenters. The molecule has 0 aliphatic carbocycles. The molecule has 5 aromatic rings. The van der Waals surface area contributed by atoms with Crippen LogP contribution in [-0.4, -0.2) is 53.2 Å². The van der Waals surface area contributed by atoms with Gasteiger partial charge in [0, 0.05) is 11.5 Å². The lowest BCUT2D eigenvalue weighted by Crippen LogP contribution is -2.32. The normalized spacial score (nSPS) is 12.6. The summed E-state index contributed by atoms with van der Waals surface area (Å²) in [6.45, 7) is 7.45. The van der Waals surface area contributed by atoms with Gasteiger partial charge in [-0.25, -0.2) is 8.78 Å². The Labute approximate surface area is 282 Å². The van der Waals surface area contributed by atoms with Gasteiger partial charge in [0.2, 0.25) is 0 Å². The lowest BCUT2D eigenvalue weighted by molar-refractivity contribution is -0.189. The van der Waals surface area contributed by atoms with Crippen molar-refractivity contribution in [3.05, 3.63) is 84.9 Å². The first-order valence-electron chi connectivity index (χ1n) is 15.3. The minimum atomic E-state index is -4.12. The lowest BCUT2D eigenvalue weighted by Gasteiger charge is -2.42. The summed E-state index contributed by atoms with van der Waals surface area (Å²) in [7, 11) is -2.93. The van der Waals surface area contributed by atoms with Gasteiger partial charge in [-0.05, 0) is 72.9 Å². The van der Waals surface area contributed by atoms with Gasteiger partial charge < -0.3 is 24.2 Å². The van der Waals surface area contributed by atoms with Gasteiger partial charge in [0.1, 0.15) is 17.2 Å². The summed E-state index contributed by atoms with van der Waals surface area (Å²) in [5.41, 5.74) is 0. The zero-order chi connectivity index (χ0) is 36.4. The third kappa shape index (κ3) is 9.71. The van der Waals surface area contributed by atoms with E-state index in [1.807, 2.05) is 71.9 Å². The van der Waals surface area contributed by atoms with Crippen LogP contribution in [-0.2, 0) is 0 Å². The van der Waals surface area contributed by atoms with Crippen LogP contribution in [0.25, 0.3) is 32.3 Å². The minimum absolute atomic E-state index is 0.325. The van der Waals surface area contributed by atoms with Crippen molar-refractivity contribution in [2.75, 3.05) is 13.3 Å². The van der Waals surface area contributed by atoms with E-state index >= 15 is 0 Å². The van der Waals surface area contributed by atoms with Crippen molar-refractivity contribution in [1.82, 2.24) is 0 Å². The molecular formula is C36H38BF6O5P. The van der Waals surface area contributed by atoms with E-state index < -0.39 is 52.3 Å². The Bertz CT molecular complexity index is 1860. The zero-order valence-corrected chi connectivity index (χ0v) is 28.8. The average Bonchev–Trinajstić information content (AvgIpc) is 2.98. The van der Waals surface area contributed by atoms with Gasteiger partial charge in [0.05, 0.1) is 0 Å². The van der Waals surface area contributed by atoms with Crippen LogP contribution in [0.2, 0.25) is 0 Å². The molecule has 0 aliphatic rings. The third-order valence-corrected chi connectivity index (χ3v) is 10.7. The molecule has 2 N–H and O–H groups in total. The third-order valence-electron chi connectivity index (χ3n) is 7.23. The van der Waals surface area contributed by atoms with E-state index in [1.54, 1.807) is 6.07 Å². The lowest BCUT2D eigenvalue weighted by atomic mass is 9.97. The quantitative estimate of drug-likeness (QED) is 0.0526. The molecule has 0 saturated heterocycles. The molecule has 5 nitrogen and oxygen atoms in total. The maximum absolute atomic E-state index is 13.3. The highest BCUT2D eigenvalue weighted by molar-refractivity contribution is 7.68. The SMILES string of the molecule is CC(C)(C)P(c1cc(OC(F)(F)CF)cc(OC(F)(F)CF)c1)C(C)(C)C.OB(O)Oc1cccc2ccc3cc4ccccc4cc3c12. The van der Waals surface area contributed by atoms with Crippen LogP contribution >= 0.6 is 7.92 Å². The highest BCUT2D eigenvalue weighted by atomic mass is 31.1. The van der Waals surface area contributed by atoms with Crippen molar-refractivity contribution >= 4 is 52.9 Å². The molecule has 0 aromatic heterocycles. The van der Waals surface area contributed by atoms with Gasteiger partial charge in [-0.2, -0.15) is 17.6 Å². The number of halogens is 6. The Balaban J connectivity index is 0.000000224. The van der Waals surface area contributed by atoms with Crippen LogP contribution in [0.3, 0.4) is 0 Å². The van der Waals surface area contributed by atoms with E-state index in [-0.39, 0.29) is 10.3 Å². The van der Waals surface area contributed by atoms with Crippen molar-refractivity contribution in [2.45, 2.75) is 64.1 Å². The summed E-state index contributed by atoms with van der Waals surface area (Å²) in [5.74, 6) is -0.588. The number of fused-ring (bicyclic) bond motifs is 4. The standard InChI is InChI=1S/C18H13BO3.C18H25F6O2P/c20-19(21)22-17-7-3-6-12-8-9-15-10-13-4-1-2-5-14(13)11-16(15)18(12)17;1-15(2,3)27(16(4,5)6)14-8-12(25-17(21,22)10-19)7-13(9-14)26-18(23,24)11-20/h1-11,20-21H;7-9H,10-11H2,1-6H3. The molecule has 0 saturated carbocycles.